The third-order valence-electron chi connectivity index (χ3n) is 7.96. The fourth-order valence-corrected chi connectivity index (χ4v) is 6.31. The molecular formula is C32H66O8. The van der Waals surface area contributed by atoms with Crippen molar-refractivity contribution in [3.63, 3.8) is 0 Å². The first-order chi connectivity index (χ1) is 15.8. The Morgan fingerprint density at radius 1 is 0.800 bits per heavy atom. The van der Waals surface area contributed by atoms with Crippen LogP contribution in [0.15, 0.2) is 0 Å². The molecule has 0 spiro atoms. The average molecular weight is 579 g/mol. The predicted octanol–water partition coefficient (Wildman–Crippen LogP) is 7.90. The Balaban J connectivity index is -0.000000499. The second-order valence-corrected chi connectivity index (χ2v) is 11.0. The third kappa shape index (κ3) is 8.69. The fraction of sp³-hybridized carbons (Fsp3) is 0.875. The number of ether oxygens (including phenoxy) is 4. The summed E-state index contributed by atoms with van der Waals surface area (Å²) in [6, 6.07) is 0. The van der Waals surface area contributed by atoms with Gasteiger partial charge in [-0.3, -0.25) is 19.2 Å². The van der Waals surface area contributed by atoms with E-state index in [9.17, 15) is 19.2 Å². The molecule has 0 radical (unpaired) electrons. The number of carbonyl (C=O) groups is 4. The normalized spacial score (nSPS) is 25.7. The van der Waals surface area contributed by atoms with E-state index < -0.39 is 40.3 Å². The lowest BCUT2D eigenvalue weighted by atomic mass is 9.65. The Bertz CT molecular complexity index is 807. The van der Waals surface area contributed by atoms with Crippen molar-refractivity contribution < 1.29 is 38.1 Å². The van der Waals surface area contributed by atoms with Crippen LogP contribution in [0.1, 0.15) is 125 Å². The zero-order valence-corrected chi connectivity index (χ0v) is 22.2. The molecule has 0 aromatic heterocycles. The minimum absolute atomic E-state index is 0. The number of methoxy groups -OCH3 is 2. The topological polar surface area (TPSA) is 105 Å². The number of hydrogen-bond donors (Lipinski definition) is 0. The Labute approximate surface area is 247 Å². The number of carbonyl (C=O) groups excluding carboxylic acids is 4. The number of esters is 4. The van der Waals surface area contributed by atoms with Crippen molar-refractivity contribution >= 4 is 23.9 Å². The molecule has 2 saturated carbocycles. The van der Waals surface area contributed by atoms with Gasteiger partial charge in [0.2, 0.25) is 0 Å². The van der Waals surface area contributed by atoms with E-state index in [1.807, 2.05) is 20.8 Å². The highest BCUT2D eigenvalue weighted by Gasteiger charge is 2.64. The molecule has 3 rings (SSSR count). The van der Waals surface area contributed by atoms with Gasteiger partial charge in [-0.15, -0.1) is 0 Å². The van der Waals surface area contributed by atoms with Crippen LogP contribution in [0.2, 0.25) is 0 Å². The number of fused-ring (bicyclic) bond motifs is 1. The summed E-state index contributed by atoms with van der Waals surface area (Å²) in [5.41, 5.74) is -3.05. The van der Waals surface area contributed by atoms with Gasteiger partial charge in [-0.2, -0.15) is 0 Å². The number of rotatable bonds is 9. The lowest BCUT2D eigenvalue weighted by molar-refractivity contribution is -0.176. The molecule has 3 aliphatic rings. The Morgan fingerprint density at radius 2 is 1.30 bits per heavy atom. The lowest BCUT2D eigenvalue weighted by Crippen LogP contribution is -2.46. The van der Waals surface area contributed by atoms with Crippen molar-refractivity contribution in [2.45, 2.75) is 137 Å². The molecule has 3 fully saturated rings. The molecule has 40 heavy (non-hydrogen) atoms. The van der Waals surface area contributed by atoms with Crippen LogP contribution >= 0.6 is 0 Å². The van der Waals surface area contributed by atoms with Crippen molar-refractivity contribution in [1.29, 1.82) is 0 Å². The summed E-state index contributed by atoms with van der Waals surface area (Å²) in [6.45, 7) is 12.8. The fourth-order valence-electron chi connectivity index (χ4n) is 6.31. The van der Waals surface area contributed by atoms with Crippen LogP contribution in [0.5, 0.6) is 0 Å². The average Bonchev–Trinajstić information content (AvgIpc) is 3.43. The van der Waals surface area contributed by atoms with E-state index in [1.165, 1.54) is 14.2 Å². The molecule has 2 aliphatic carbocycles. The summed E-state index contributed by atoms with van der Waals surface area (Å²) in [7, 11) is 2.61. The van der Waals surface area contributed by atoms with Gasteiger partial charge >= 0.3 is 23.9 Å². The van der Waals surface area contributed by atoms with Gasteiger partial charge in [0.05, 0.1) is 36.4 Å². The van der Waals surface area contributed by atoms with Crippen LogP contribution in [0.3, 0.4) is 0 Å². The molecule has 242 valence electrons. The van der Waals surface area contributed by atoms with Crippen molar-refractivity contribution in [2.24, 2.45) is 34.0 Å². The van der Waals surface area contributed by atoms with Gasteiger partial charge in [0.15, 0.2) is 0 Å². The summed E-state index contributed by atoms with van der Waals surface area (Å²) in [4.78, 5) is 50.6. The summed E-state index contributed by atoms with van der Waals surface area (Å²) in [5.74, 6) is -1.30. The summed E-state index contributed by atoms with van der Waals surface area (Å²) >= 11 is 0. The Hall–Kier alpha value is -2.12. The quantitative estimate of drug-likeness (QED) is 0.201. The van der Waals surface area contributed by atoms with Crippen LogP contribution < -0.4 is 0 Å². The molecule has 7 unspecified atom stereocenters. The van der Waals surface area contributed by atoms with Crippen molar-refractivity contribution in [3.8, 4) is 0 Å². The van der Waals surface area contributed by atoms with Gasteiger partial charge in [-0.05, 0) is 59.8 Å². The number of hydrogen-bond acceptors (Lipinski definition) is 8. The third-order valence-corrected chi connectivity index (χ3v) is 7.96. The molecule has 8 heteroatoms. The second-order valence-electron chi connectivity index (χ2n) is 11.0. The highest BCUT2D eigenvalue weighted by atomic mass is 16.6. The molecule has 1 aliphatic heterocycles. The maximum absolute atomic E-state index is 13.4. The summed E-state index contributed by atoms with van der Waals surface area (Å²) < 4.78 is 21.5. The van der Waals surface area contributed by atoms with Crippen LogP contribution in [-0.2, 0) is 38.1 Å². The molecule has 0 aromatic carbocycles. The summed E-state index contributed by atoms with van der Waals surface area (Å²) in [6.07, 6.45) is 1.49. The first kappa shape index (κ1) is 47.7. The van der Waals surface area contributed by atoms with E-state index in [4.69, 9.17) is 18.9 Å². The molecule has 7 atom stereocenters. The molecule has 0 amide bonds. The van der Waals surface area contributed by atoms with Gasteiger partial charge in [0, 0.05) is 11.8 Å². The highest BCUT2D eigenvalue weighted by molar-refractivity contribution is 5.83. The van der Waals surface area contributed by atoms with E-state index in [0.29, 0.717) is 12.8 Å². The van der Waals surface area contributed by atoms with Crippen LogP contribution in [0.4, 0.5) is 0 Å². The van der Waals surface area contributed by atoms with Crippen molar-refractivity contribution in [1.82, 2.24) is 0 Å². The van der Waals surface area contributed by atoms with E-state index >= 15 is 0 Å². The Kier molecular flexibility index (Phi) is 21.0. The van der Waals surface area contributed by atoms with E-state index in [2.05, 4.69) is 0 Å². The first-order valence-electron chi connectivity index (χ1n) is 12.4. The molecule has 2 bridgehead atoms. The monoisotopic (exact) mass is 578 g/mol. The molecule has 1 heterocycles. The maximum Gasteiger partial charge on any atom is 0.312 e. The zero-order chi connectivity index (χ0) is 26.1. The minimum Gasteiger partial charge on any atom is -0.469 e. The van der Waals surface area contributed by atoms with Gasteiger partial charge < -0.3 is 18.9 Å². The highest BCUT2D eigenvalue weighted by Crippen LogP contribution is 2.56. The maximum atomic E-state index is 13.4. The molecular weight excluding hydrogens is 512 g/mol. The largest absolute Gasteiger partial charge is 0.469 e. The molecule has 1 saturated heterocycles. The Morgan fingerprint density at radius 3 is 1.75 bits per heavy atom. The molecule has 0 N–H and O–H groups in total. The van der Waals surface area contributed by atoms with Crippen molar-refractivity contribution in [3.05, 3.63) is 0 Å². The summed E-state index contributed by atoms with van der Waals surface area (Å²) in [5, 5.41) is 0. The lowest BCUT2D eigenvalue weighted by Gasteiger charge is -2.40. The zero-order valence-electron chi connectivity index (χ0n) is 22.2. The van der Waals surface area contributed by atoms with Gasteiger partial charge in [-0.1, -0.05) is 65.3 Å². The standard InChI is InChI=1S/C24H36O8.C2H6.6CH4/c1-8-23(4,12-24(5,20(27)30-7)11-22(2,3)19(26)29-6)21(28)32-16-13-9-14-15(10-13)18(25)31-17(14)16;1-2;;;;;;/h13-17H,8-12H2,1-7H3;1-2H3;6*1H4. The van der Waals surface area contributed by atoms with E-state index in [1.54, 1.807) is 27.7 Å². The van der Waals surface area contributed by atoms with Crippen LogP contribution in [0, 0.1) is 34.0 Å². The van der Waals surface area contributed by atoms with Gasteiger partial charge in [0.25, 0.3) is 0 Å². The van der Waals surface area contributed by atoms with Gasteiger partial charge in [-0.25, -0.2) is 0 Å². The van der Waals surface area contributed by atoms with E-state index in [-0.39, 0.29) is 87.2 Å². The molecule has 0 aromatic rings. The SMILES string of the molecule is C.C.C.C.C.C.CC.CCC(C)(CC(C)(CC(C)(C)C(=O)OC)C(=O)OC)C(=O)OC1C2CC3C(=O)OC1C3C2. The first-order valence-corrected chi connectivity index (χ1v) is 12.4. The van der Waals surface area contributed by atoms with Crippen LogP contribution in [-0.4, -0.2) is 50.3 Å². The van der Waals surface area contributed by atoms with Gasteiger partial charge in [0.1, 0.15) is 12.2 Å². The minimum atomic E-state index is -1.12. The van der Waals surface area contributed by atoms with E-state index in [0.717, 1.165) is 6.42 Å². The predicted molar refractivity (Wildman–Crippen MR) is 165 cm³/mol. The van der Waals surface area contributed by atoms with Crippen LogP contribution in [0.25, 0.3) is 0 Å². The molecule has 8 nitrogen and oxygen atoms in total. The second kappa shape index (κ2) is 17.6. The van der Waals surface area contributed by atoms with Crippen molar-refractivity contribution in [2.75, 3.05) is 14.2 Å². The smallest absolute Gasteiger partial charge is 0.312 e.